The molecule has 0 aliphatic heterocycles. The first-order chi connectivity index (χ1) is 9.83. The fraction of sp³-hybridized carbons (Fsp3) is 0.400. The van der Waals surface area contributed by atoms with Gasteiger partial charge in [-0.15, -0.1) is 11.8 Å². The zero-order valence-corrected chi connectivity index (χ0v) is 12.8. The van der Waals surface area contributed by atoms with Crippen LogP contribution in [0, 0.1) is 0 Å². The average Bonchev–Trinajstić information content (AvgIpc) is 2.70. The van der Waals surface area contributed by atoms with Crippen LogP contribution in [0.5, 0.6) is 0 Å². The fourth-order valence-corrected chi connectivity index (χ4v) is 3.91. The highest BCUT2D eigenvalue weighted by Gasteiger charge is 2.55. The molecule has 1 aliphatic rings. The average molecular weight is 308 g/mol. The molecule has 0 amide bonds. The highest BCUT2D eigenvalue weighted by atomic mass is 32.2. The van der Waals surface area contributed by atoms with Crippen LogP contribution in [0.25, 0.3) is 0 Å². The molecule has 1 aromatic carbocycles. The Morgan fingerprint density at radius 3 is 2.57 bits per heavy atom. The van der Waals surface area contributed by atoms with Gasteiger partial charge in [0.25, 0.3) is 0 Å². The molecule has 21 heavy (non-hydrogen) atoms. The molecule has 6 heteroatoms. The fourth-order valence-electron chi connectivity index (χ4n) is 2.55. The summed E-state index contributed by atoms with van der Waals surface area (Å²) in [4.78, 5) is 35.9. The SMILES string of the molecule is COC(=O)C(C)SC1C(=O)c2ccccc2C1(C)C(=O)O. The van der Waals surface area contributed by atoms with E-state index in [2.05, 4.69) is 4.74 Å². The lowest BCUT2D eigenvalue weighted by Gasteiger charge is -2.27. The van der Waals surface area contributed by atoms with Crippen LogP contribution in [0.3, 0.4) is 0 Å². The maximum absolute atomic E-state index is 12.5. The maximum atomic E-state index is 12.5. The molecule has 0 fully saturated rings. The Hall–Kier alpha value is -1.82. The number of methoxy groups -OCH3 is 1. The van der Waals surface area contributed by atoms with E-state index in [1.807, 2.05) is 0 Å². The third kappa shape index (κ3) is 2.33. The maximum Gasteiger partial charge on any atom is 0.318 e. The second-order valence-corrected chi connectivity index (χ2v) is 6.55. The molecule has 1 aliphatic carbocycles. The Morgan fingerprint density at radius 2 is 2.00 bits per heavy atom. The van der Waals surface area contributed by atoms with Gasteiger partial charge in [-0.3, -0.25) is 14.4 Å². The molecule has 0 spiro atoms. The lowest BCUT2D eigenvalue weighted by Crippen LogP contribution is -2.42. The molecule has 112 valence electrons. The molecule has 2 rings (SSSR count). The molecule has 3 unspecified atom stereocenters. The van der Waals surface area contributed by atoms with E-state index in [1.165, 1.54) is 14.0 Å². The van der Waals surface area contributed by atoms with Crippen molar-refractivity contribution >= 4 is 29.5 Å². The Labute approximate surface area is 126 Å². The number of carbonyl (C=O) groups excluding carboxylic acids is 2. The number of benzene rings is 1. The van der Waals surface area contributed by atoms with Gasteiger partial charge < -0.3 is 9.84 Å². The predicted octanol–water partition coefficient (Wildman–Crippen LogP) is 1.89. The van der Waals surface area contributed by atoms with Gasteiger partial charge in [0.2, 0.25) is 0 Å². The van der Waals surface area contributed by atoms with Crippen LogP contribution >= 0.6 is 11.8 Å². The molecule has 1 aromatic rings. The van der Waals surface area contributed by atoms with E-state index < -0.39 is 27.9 Å². The van der Waals surface area contributed by atoms with Gasteiger partial charge >= 0.3 is 11.9 Å². The summed E-state index contributed by atoms with van der Waals surface area (Å²) < 4.78 is 4.64. The molecular formula is C15H16O5S. The van der Waals surface area contributed by atoms with Crippen molar-refractivity contribution in [3.63, 3.8) is 0 Å². The van der Waals surface area contributed by atoms with Crippen molar-refractivity contribution in [2.24, 2.45) is 0 Å². The van der Waals surface area contributed by atoms with E-state index in [0.717, 1.165) is 11.8 Å². The minimum atomic E-state index is -1.35. The van der Waals surface area contributed by atoms with Crippen LogP contribution in [0.15, 0.2) is 24.3 Å². The molecule has 0 bridgehead atoms. The van der Waals surface area contributed by atoms with Crippen LogP contribution < -0.4 is 0 Å². The van der Waals surface area contributed by atoms with Crippen molar-refractivity contribution in [3.05, 3.63) is 35.4 Å². The van der Waals surface area contributed by atoms with Crippen LogP contribution in [0.2, 0.25) is 0 Å². The molecule has 0 saturated carbocycles. The van der Waals surface area contributed by atoms with Gasteiger partial charge in [0.15, 0.2) is 5.78 Å². The second-order valence-electron chi connectivity index (χ2n) is 5.10. The highest BCUT2D eigenvalue weighted by molar-refractivity contribution is 8.02. The van der Waals surface area contributed by atoms with Gasteiger partial charge in [-0.1, -0.05) is 24.3 Å². The summed E-state index contributed by atoms with van der Waals surface area (Å²) in [6.45, 7) is 3.13. The second kappa shape index (κ2) is 5.52. The van der Waals surface area contributed by atoms with Gasteiger partial charge in [0, 0.05) is 5.56 Å². The Bertz CT molecular complexity index is 612. The number of hydrogen-bond acceptors (Lipinski definition) is 5. The summed E-state index contributed by atoms with van der Waals surface area (Å²) >= 11 is 1.03. The van der Waals surface area contributed by atoms with Crippen molar-refractivity contribution in [3.8, 4) is 0 Å². The Balaban J connectivity index is 2.45. The number of carboxylic acids is 1. The number of esters is 1. The molecule has 5 nitrogen and oxygen atoms in total. The van der Waals surface area contributed by atoms with Crippen molar-refractivity contribution in [2.45, 2.75) is 29.8 Å². The first-order valence-corrected chi connectivity index (χ1v) is 7.38. The molecule has 0 saturated heterocycles. The molecule has 0 radical (unpaired) electrons. The number of ketones is 1. The smallest absolute Gasteiger partial charge is 0.318 e. The predicted molar refractivity (Wildman–Crippen MR) is 78.6 cm³/mol. The summed E-state index contributed by atoms with van der Waals surface area (Å²) in [6.07, 6.45) is 0. The number of thioether (sulfide) groups is 1. The summed E-state index contributed by atoms with van der Waals surface area (Å²) in [5.41, 5.74) is -0.435. The van der Waals surface area contributed by atoms with E-state index in [9.17, 15) is 19.5 Å². The first kappa shape index (κ1) is 15.6. The molecule has 3 atom stereocenters. The number of ether oxygens (including phenoxy) is 1. The number of carbonyl (C=O) groups is 3. The number of Topliss-reactive ketones (excluding diaryl/α,β-unsaturated/α-hetero) is 1. The van der Waals surface area contributed by atoms with E-state index in [4.69, 9.17) is 0 Å². The number of aliphatic carboxylic acids is 1. The van der Waals surface area contributed by atoms with E-state index in [1.54, 1.807) is 31.2 Å². The quantitative estimate of drug-likeness (QED) is 0.856. The zero-order valence-electron chi connectivity index (χ0n) is 12.0. The minimum Gasteiger partial charge on any atom is -0.481 e. The topological polar surface area (TPSA) is 80.7 Å². The van der Waals surface area contributed by atoms with Gasteiger partial charge in [-0.2, -0.15) is 0 Å². The summed E-state index contributed by atoms with van der Waals surface area (Å²) in [7, 11) is 1.26. The molecule has 0 aromatic heterocycles. The number of hydrogen-bond donors (Lipinski definition) is 1. The monoisotopic (exact) mass is 308 g/mol. The van der Waals surface area contributed by atoms with Crippen LogP contribution in [0.4, 0.5) is 0 Å². The molecule has 0 heterocycles. The van der Waals surface area contributed by atoms with Gasteiger partial charge in [0.1, 0.15) is 10.7 Å². The third-order valence-corrected chi connectivity index (χ3v) is 5.39. The summed E-state index contributed by atoms with van der Waals surface area (Å²) in [5.74, 6) is -1.80. The molecule has 1 N–H and O–H groups in total. The summed E-state index contributed by atoms with van der Waals surface area (Å²) in [5, 5.41) is 8.17. The van der Waals surface area contributed by atoms with Crippen LogP contribution in [-0.4, -0.2) is 40.4 Å². The minimum absolute atomic E-state index is 0.253. The van der Waals surface area contributed by atoms with Crippen LogP contribution in [-0.2, 0) is 19.7 Å². The third-order valence-electron chi connectivity index (χ3n) is 3.83. The normalized spacial score (nSPS) is 25.3. The lowest BCUT2D eigenvalue weighted by molar-refractivity contribution is -0.143. The largest absolute Gasteiger partial charge is 0.481 e. The van der Waals surface area contributed by atoms with Crippen LogP contribution in [0.1, 0.15) is 29.8 Å². The van der Waals surface area contributed by atoms with E-state index in [-0.39, 0.29) is 5.78 Å². The molecular weight excluding hydrogens is 292 g/mol. The van der Waals surface area contributed by atoms with Crippen molar-refractivity contribution in [2.75, 3.05) is 7.11 Å². The van der Waals surface area contributed by atoms with Crippen molar-refractivity contribution in [1.82, 2.24) is 0 Å². The van der Waals surface area contributed by atoms with Gasteiger partial charge in [0.05, 0.1) is 12.4 Å². The number of rotatable bonds is 4. The standard InChI is InChI=1S/C15H16O5S/c1-8(13(17)20-3)21-12-11(16)9-6-4-5-7-10(9)15(12,2)14(18)19/h4-8,12H,1-3H3,(H,18,19). The van der Waals surface area contributed by atoms with Crippen molar-refractivity contribution in [1.29, 1.82) is 0 Å². The Kier molecular flexibility index (Phi) is 4.09. The summed E-state index contributed by atoms with van der Waals surface area (Å²) in [6, 6.07) is 6.70. The van der Waals surface area contributed by atoms with E-state index in [0.29, 0.717) is 11.1 Å². The van der Waals surface area contributed by atoms with Gasteiger partial charge in [-0.05, 0) is 19.4 Å². The first-order valence-electron chi connectivity index (χ1n) is 6.44. The van der Waals surface area contributed by atoms with Crippen molar-refractivity contribution < 1.29 is 24.2 Å². The highest BCUT2D eigenvalue weighted by Crippen LogP contribution is 2.46. The van der Waals surface area contributed by atoms with Gasteiger partial charge in [-0.25, -0.2) is 0 Å². The lowest BCUT2D eigenvalue weighted by atomic mass is 9.84. The number of carboxylic acid groups (broad SMARTS) is 1. The number of fused-ring (bicyclic) bond motifs is 1. The zero-order chi connectivity index (χ0) is 15.8. The van der Waals surface area contributed by atoms with E-state index >= 15 is 0 Å². The Morgan fingerprint density at radius 1 is 1.38 bits per heavy atom.